The van der Waals surface area contributed by atoms with Gasteiger partial charge in [0.2, 0.25) is 0 Å². The summed E-state index contributed by atoms with van der Waals surface area (Å²) in [6, 6.07) is 13.9. The average Bonchev–Trinajstić information content (AvgIpc) is 3.09. The van der Waals surface area contributed by atoms with E-state index in [2.05, 4.69) is 26.3 Å². The second kappa shape index (κ2) is 7.40. The Hall–Kier alpha value is -2.47. The van der Waals surface area contributed by atoms with Crippen molar-refractivity contribution in [2.45, 2.75) is 13.1 Å². The summed E-state index contributed by atoms with van der Waals surface area (Å²) in [5.41, 5.74) is 2.04. The monoisotopic (exact) mass is 387 g/mol. The standard InChI is InChI=1S/C18H15BrFN3O/c19-15-6-7-17(20)16(10-15)18(24)21-11-13-4-1-2-5-14(13)12-23-9-3-8-22-23/h1-10H,11-12H2,(H,21,24). The molecule has 6 heteroatoms. The first-order valence-corrected chi connectivity index (χ1v) is 8.20. The Morgan fingerprint density at radius 3 is 2.71 bits per heavy atom. The number of carbonyl (C=O) groups excluding carboxylic acids is 1. The third kappa shape index (κ3) is 3.89. The SMILES string of the molecule is O=C(NCc1ccccc1Cn1cccn1)c1cc(Br)ccc1F. The van der Waals surface area contributed by atoms with E-state index in [4.69, 9.17) is 0 Å². The molecule has 4 nitrogen and oxygen atoms in total. The molecular weight excluding hydrogens is 373 g/mol. The number of benzene rings is 2. The van der Waals surface area contributed by atoms with E-state index in [9.17, 15) is 9.18 Å². The molecule has 0 spiro atoms. The van der Waals surface area contributed by atoms with Crippen LogP contribution in [0.2, 0.25) is 0 Å². The number of halogens is 2. The van der Waals surface area contributed by atoms with Gasteiger partial charge in [-0.2, -0.15) is 5.10 Å². The summed E-state index contributed by atoms with van der Waals surface area (Å²) in [5.74, 6) is -0.983. The van der Waals surface area contributed by atoms with Gasteiger partial charge < -0.3 is 5.32 Å². The van der Waals surface area contributed by atoms with Gasteiger partial charge in [0.15, 0.2) is 0 Å². The van der Waals surface area contributed by atoms with Crippen LogP contribution in [0, 0.1) is 5.82 Å². The predicted molar refractivity (Wildman–Crippen MR) is 93.0 cm³/mol. The molecule has 2 aromatic carbocycles. The van der Waals surface area contributed by atoms with Crippen LogP contribution in [0.1, 0.15) is 21.5 Å². The normalized spacial score (nSPS) is 10.6. The summed E-state index contributed by atoms with van der Waals surface area (Å²) in [5, 5.41) is 6.97. The first-order valence-electron chi connectivity index (χ1n) is 7.41. The lowest BCUT2D eigenvalue weighted by molar-refractivity contribution is 0.0946. The number of carbonyl (C=O) groups is 1. The molecular formula is C18H15BrFN3O. The molecule has 0 aliphatic rings. The van der Waals surface area contributed by atoms with Crippen molar-refractivity contribution in [3.63, 3.8) is 0 Å². The molecule has 0 aliphatic carbocycles. The largest absolute Gasteiger partial charge is 0.348 e. The van der Waals surface area contributed by atoms with Crippen LogP contribution >= 0.6 is 15.9 Å². The number of aromatic nitrogens is 2. The van der Waals surface area contributed by atoms with Gasteiger partial charge in [-0.3, -0.25) is 9.48 Å². The summed E-state index contributed by atoms with van der Waals surface area (Å²) in [7, 11) is 0. The van der Waals surface area contributed by atoms with Crippen LogP contribution in [0.5, 0.6) is 0 Å². The van der Waals surface area contributed by atoms with E-state index in [0.717, 1.165) is 11.1 Å². The highest BCUT2D eigenvalue weighted by atomic mass is 79.9. The first-order chi connectivity index (χ1) is 11.6. The molecule has 1 N–H and O–H groups in total. The van der Waals surface area contributed by atoms with E-state index in [1.54, 1.807) is 12.3 Å². The third-order valence-electron chi connectivity index (χ3n) is 3.62. The van der Waals surface area contributed by atoms with Crippen molar-refractivity contribution >= 4 is 21.8 Å². The molecule has 1 heterocycles. The Balaban J connectivity index is 1.72. The Labute approximate surface area is 147 Å². The summed E-state index contributed by atoms with van der Waals surface area (Å²) < 4.78 is 16.3. The van der Waals surface area contributed by atoms with E-state index in [1.165, 1.54) is 12.1 Å². The minimum Gasteiger partial charge on any atom is -0.348 e. The zero-order chi connectivity index (χ0) is 16.9. The number of hydrogen-bond donors (Lipinski definition) is 1. The number of rotatable bonds is 5. The van der Waals surface area contributed by atoms with Crippen LogP contribution < -0.4 is 5.32 Å². The van der Waals surface area contributed by atoms with Gasteiger partial charge in [-0.25, -0.2) is 4.39 Å². The fraction of sp³-hybridized carbons (Fsp3) is 0.111. The van der Waals surface area contributed by atoms with Crippen LogP contribution in [0.15, 0.2) is 65.4 Å². The molecule has 0 saturated heterocycles. The maximum Gasteiger partial charge on any atom is 0.254 e. The number of nitrogens with zero attached hydrogens (tertiary/aromatic N) is 2. The minimum atomic E-state index is -0.541. The van der Waals surface area contributed by atoms with E-state index in [1.807, 2.05) is 41.2 Å². The maximum absolute atomic E-state index is 13.8. The minimum absolute atomic E-state index is 0.0222. The third-order valence-corrected chi connectivity index (χ3v) is 4.12. The van der Waals surface area contributed by atoms with Crippen molar-refractivity contribution in [1.29, 1.82) is 0 Å². The molecule has 0 radical (unpaired) electrons. The van der Waals surface area contributed by atoms with Crippen molar-refractivity contribution in [3.05, 3.63) is 87.9 Å². The van der Waals surface area contributed by atoms with Crippen LogP contribution in [0.4, 0.5) is 4.39 Å². The summed E-state index contributed by atoms with van der Waals surface area (Å²) in [6.07, 6.45) is 3.60. The second-order valence-electron chi connectivity index (χ2n) is 5.28. The van der Waals surface area contributed by atoms with Gasteiger partial charge >= 0.3 is 0 Å². The molecule has 0 unspecified atom stereocenters. The quantitative estimate of drug-likeness (QED) is 0.724. The fourth-order valence-corrected chi connectivity index (χ4v) is 2.76. The van der Waals surface area contributed by atoms with E-state index < -0.39 is 11.7 Å². The summed E-state index contributed by atoms with van der Waals surface area (Å²) in [6.45, 7) is 0.937. The molecule has 1 amide bonds. The summed E-state index contributed by atoms with van der Waals surface area (Å²) >= 11 is 3.25. The Morgan fingerprint density at radius 1 is 1.17 bits per heavy atom. The number of nitrogens with one attached hydrogen (secondary N) is 1. The lowest BCUT2D eigenvalue weighted by atomic mass is 10.1. The van der Waals surface area contributed by atoms with Crippen molar-refractivity contribution in [3.8, 4) is 0 Å². The molecule has 1 aromatic heterocycles. The smallest absolute Gasteiger partial charge is 0.254 e. The van der Waals surface area contributed by atoms with E-state index >= 15 is 0 Å². The van der Waals surface area contributed by atoms with Crippen LogP contribution in [0.25, 0.3) is 0 Å². The molecule has 0 saturated carbocycles. The van der Waals surface area contributed by atoms with Gasteiger partial charge in [-0.1, -0.05) is 40.2 Å². The molecule has 122 valence electrons. The molecule has 0 bridgehead atoms. The molecule has 0 fully saturated rings. The lowest BCUT2D eigenvalue weighted by Gasteiger charge is -2.11. The van der Waals surface area contributed by atoms with Crippen LogP contribution in [-0.4, -0.2) is 15.7 Å². The zero-order valence-corrected chi connectivity index (χ0v) is 14.3. The fourth-order valence-electron chi connectivity index (χ4n) is 2.39. The number of hydrogen-bond acceptors (Lipinski definition) is 2. The van der Waals surface area contributed by atoms with Gasteiger partial charge in [0.25, 0.3) is 5.91 Å². The lowest BCUT2D eigenvalue weighted by Crippen LogP contribution is -2.24. The average molecular weight is 388 g/mol. The Kier molecular flexibility index (Phi) is 5.05. The van der Waals surface area contributed by atoms with Gasteiger partial charge in [-0.05, 0) is 35.4 Å². The van der Waals surface area contributed by atoms with Crippen molar-refractivity contribution in [2.75, 3.05) is 0 Å². The van der Waals surface area contributed by atoms with E-state index in [0.29, 0.717) is 17.6 Å². The topological polar surface area (TPSA) is 46.9 Å². The molecule has 0 aliphatic heterocycles. The summed E-state index contributed by atoms with van der Waals surface area (Å²) in [4.78, 5) is 12.2. The van der Waals surface area contributed by atoms with E-state index in [-0.39, 0.29) is 5.56 Å². The molecule has 3 rings (SSSR count). The maximum atomic E-state index is 13.8. The first kappa shape index (κ1) is 16.4. The van der Waals surface area contributed by atoms with Gasteiger partial charge in [0, 0.05) is 23.4 Å². The molecule has 24 heavy (non-hydrogen) atoms. The van der Waals surface area contributed by atoms with Gasteiger partial charge in [0.1, 0.15) is 5.82 Å². The highest BCUT2D eigenvalue weighted by Crippen LogP contribution is 2.16. The highest BCUT2D eigenvalue weighted by molar-refractivity contribution is 9.10. The van der Waals surface area contributed by atoms with Crippen LogP contribution in [0.3, 0.4) is 0 Å². The van der Waals surface area contributed by atoms with Crippen molar-refractivity contribution in [2.24, 2.45) is 0 Å². The van der Waals surface area contributed by atoms with Gasteiger partial charge in [-0.15, -0.1) is 0 Å². The predicted octanol–water partition coefficient (Wildman–Crippen LogP) is 3.76. The zero-order valence-electron chi connectivity index (χ0n) is 12.7. The Bertz CT molecular complexity index is 849. The second-order valence-corrected chi connectivity index (χ2v) is 6.19. The Morgan fingerprint density at radius 2 is 1.96 bits per heavy atom. The van der Waals surface area contributed by atoms with Crippen molar-refractivity contribution < 1.29 is 9.18 Å². The van der Waals surface area contributed by atoms with Crippen LogP contribution in [-0.2, 0) is 13.1 Å². The highest BCUT2D eigenvalue weighted by Gasteiger charge is 2.12. The molecule has 0 atom stereocenters. The van der Waals surface area contributed by atoms with Crippen molar-refractivity contribution in [1.82, 2.24) is 15.1 Å². The number of amides is 1. The molecule has 3 aromatic rings. The van der Waals surface area contributed by atoms with Gasteiger partial charge in [0.05, 0.1) is 12.1 Å².